The number of aromatic nitrogens is 1. The maximum Gasteiger partial charge on any atom is 0.273 e. The highest BCUT2D eigenvalue weighted by Gasteiger charge is 2.33. The van der Waals surface area contributed by atoms with Crippen LogP contribution in [0.15, 0.2) is 41.8 Å². The second kappa shape index (κ2) is 7.55. The van der Waals surface area contributed by atoms with Gasteiger partial charge in [0.1, 0.15) is 5.69 Å². The van der Waals surface area contributed by atoms with Gasteiger partial charge in [0.05, 0.1) is 5.01 Å². The minimum atomic E-state index is 0.0730. The number of thiazole rings is 1. The zero-order valence-electron chi connectivity index (χ0n) is 13.4. The highest BCUT2D eigenvalue weighted by molar-refractivity contribution is 7.09. The molecule has 3 nitrogen and oxygen atoms in total. The van der Waals surface area contributed by atoms with E-state index in [1.165, 1.54) is 0 Å². The molecule has 1 aromatic carbocycles. The van der Waals surface area contributed by atoms with Crippen LogP contribution >= 0.6 is 11.3 Å². The molecule has 1 aliphatic rings. The van der Waals surface area contributed by atoms with E-state index < -0.39 is 0 Å². The summed E-state index contributed by atoms with van der Waals surface area (Å²) < 4.78 is 0. The van der Waals surface area contributed by atoms with Crippen LogP contribution in [0.5, 0.6) is 0 Å². The van der Waals surface area contributed by atoms with Crippen LogP contribution in [0.2, 0.25) is 0 Å². The smallest absolute Gasteiger partial charge is 0.273 e. The number of hydrogen-bond donors (Lipinski definition) is 0. The molecule has 0 radical (unpaired) electrons. The van der Waals surface area contributed by atoms with Crippen molar-refractivity contribution in [2.45, 2.75) is 38.6 Å². The number of aryl methyl sites for hydroxylation is 1. The van der Waals surface area contributed by atoms with Crippen LogP contribution in [-0.2, 0) is 6.42 Å². The van der Waals surface area contributed by atoms with Gasteiger partial charge >= 0.3 is 0 Å². The first-order valence-electron chi connectivity index (χ1n) is 8.25. The Kier molecular flexibility index (Phi) is 5.23. The van der Waals surface area contributed by atoms with Gasteiger partial charge in [-0.2, -0.15) is 0 Å². The van der Waals surface area contributed by atoms with Crippen LogP contribution in [0, 0.1) is 0 Å². The Labute approximate surface area is 141 Å². The van der Waals surface area contributed by atoms with Gasteiger partial charge in [-0.25, -0.2) is 4.98 Å². The zero-order chi connectivity index (χ0) is 16.1. The number of rotatable bonds is 7. The summed E-state index contributed by atoms with van der Waals surface area (Å²) in [6, 6.07) is 10.6. The minimum absolute atomic E-state index is 0.0730. The van der Waals surface area contributed by atoms with Crippen LogP contribution in [0.3, 0.4) is 0 Å². The van der Waals surface area contributed by atoms with Crippen LogP contribution < -0.4 is 0 Å². The summed E-state index contributed by atoms with van der Waals surface area (Å²) in [7, 11) is 0. The highest BCUT2D eigenvalue weighted by atomic mass is 32.1. The van der Waals surface area contributed by atoms with E-state index in [0.717, 1.165) is 36.3 Å². The molecule has 1 aliphatic carbocycles. The van der Waals surface area contributed by atoms with Crippen molar-refractivity contribution in [3.05, 3.63) is 58.1 Å². The summed E-state index contributed by atoms with van der Waals surface area (Å²) in [5.74, 6) is 0.0730. The average Bonchev–Trinajstić information content (AvgIpc) is 3.31. The number of nitrogens with zero attached hydrogens (tertiary/aromatic N) is 2. The summed E-state index contributed by atoms with van der Waals surface area (Å²) in [6.45, 7) is 2.78. The van der Waals surface area contributed by atoms with E-state index in [9.17, 15) is 4.79 Å². The van der Waals surface area contributed by atoms with Crippen molar-refractivity contribution in [3.8, 4) is 0 Å². The molecular weight excluding hydrogens is 304 g/mol. The maximum absolute atomic E-state index is 12.7. The van der Waals surface area contributed by atoms with Crippen molar-refractivity contribution in [2.75, 3.05) is 6.54 Å². The fourth-order valence-corrected chi connectivity index (χ4v) is 3.41. The molecule has 3 rings (SSSR count). The molecule has 0 unspecified atom stereocenters. The van der Waals surface area contributed by atoms with Gasteiger partial charge in [-0.3, -0.25) is 4.79 Å². The first-order chi connectivity index (χ1) is 11.3. The maximum atomic E-state index is 12.7. The number of amides is 1. The molecule has 1 heterocycles. The van der Waals surface area contributed by atoms with Gasteiger partial charge in [0.15, 0.2) is 0 Å². The molecule has 2 aromatic rings. The van der Waals surface area contributed by atoms with Crippen molar-refractivity contribution in [1.29, 1.82) is 0 Å². The summed E-state index contributed by atoms with van der Waals surface area (Å²) in [6.07, 6.45) is 8.38. The number of benzene rings is 1. The lowest BCUT2D eigenvalue weighted by Gasteiger charge is -2.19. The zero-order valence-corrected chi connectivity index (χ0v) is 14.3. The van der Waals surface area contributed by atoms with Crippen molar-refractivity contribution >= 4 is 23.3 Å². The van der Waals surface area contributed by atoms with E-state index in [-0.39, 0.29) is 5.91 Å². The lowest BCUT2D eigenvalue weighted by atomic mass is 10.2. The van der Waals surface area contributed by atoms with E-state index in [1.54, 1.807) is 11.3 Å². The summed E-state index contributed by atoms with van der Waals surface area (Å²) in [4.78, 5) is 19.2. The number of carbonyl (C=O) groups excluding carboxylic acids is 1. The van der Waals surface area contributed by atoms with Crippen LogP contribution in [0.4, 0.5) is 0 Å². The van der Waals surface area contributed by atoms with Crippen LogP contribution in [0.1, 0.15) is 47.2 Å². The standard InChI is InChI=1S/C19H22N2OS/c1-2-7-18-20-17(14-23-18)19(22)21(16-11-12-16)13-6-10-15-8-4-3-5-9-15/h3-6,8-10,14,16H,2,7,11-13H2,1H3/b10-6+. The molecule has 0 atom stereocenters. The van der Waals surface area contributed by atoms with Crippen molar-refractivity contribution in [3.63, 3.8) is 0 Å². The summed E-state index contributed by atoms with van der Waals surface area (Å²) in [5, 5.41) is 2.97. The van der Waals surface area contributed by atoms with Gasteiger partial charge in [0, 0.05) is 18.0 Å². The quantitative estimate of drug-likeness (QED) is 0.755. The Bertz CT molecular complexity index is 674. The topological polar surface area (TPSA) is 33.2 Å². The Hall–Kier alpha value is -1.94. The van der Waals surface area contributed by atoms with E-state index in [2.05, 4.69) is 36.2 Å². The number of hydrogen-bond acceptors (Lipinski definition) is 3. The van der Waals surface area contributed by atoms with E-state index in [1.807, 2.05) is 28.5 Å². The molecule has 4 heteroatoms. The van der Waals surface area contributed by atoms with Crippen molar-refractivity contribution in [2.24, 2.45) is 0 Å². The van der Waals surface area contributed by atoms with Gasteiger partial charge in [-0.15, -0.1) is 11.3 Å². The highest BCUT2D eigenvalue weighted by Crippen LogP contribution is 2.28. The molecule has 1 aromatic heterocycles. The van der Waals surface area contributed by atoms with Gasteiger partial charge in [-0.1, -0.05) is 49.4 Å². The minimum Gasteiger partial charge on any atom is -0.331 e. The normalized spacial score (nSPS) is 14.3. The summed E-state index contributed by atoms with van der Waals surface area (Å²) >= 11 is 1.60. The molecule has 0 N–H and O–H groups in total. The Morgan fingerprint density at radius 3 is 2.83 bits per heavy atom. The second-order valence-electron chi connectivity index (χ2n) is 5.88. The van der Waals surface area contributed by atoms with Crippen LogP contribution in [-0.4, -0.2) is 28.4 Å². The summed E-state index contributed by atoms with van der Waals surface area (Å²) in [5.41, 5.74) is 1.77. The van der Waals surface area contributed by atoms with Crippen molar-refractivity contribution in [1.82, 2.24) is 9.88 Å². The molecule has 1 amide bonds. The Morgan fingerprint density at radius 1 is 1.35 bits per heavy atom. The Balaban J connectivity index is 1.66. The molecule has 1 fully saturated rings. The first-order valence-corrected chi connectivity index (χ1v) is 9.13. The van der Waals surface area contributed by atoms with Gasteiger partial charge in [0.2, 0.25) is 0 Å². The fraction of sp³-hybridized carbons (Fsp3) is 0.368. The van der Waals surface area contributed by atoms with E-state index in [0.29, 0.717) is 18.3 Å². The lowest BCUT2D eigenvalue weighted by Crippen LogP contribution is -2.33. The SMILES string of the molecule is CCCc1nc(C(=O)N(C/C=C/c2ccccc2)C2CC2)cs1. The molecular formula is C19H22N2OS. The Morgan fingerprint density at radius 2 is 2.13 bits per heavy atom. The molecule has 120 valence electrons. The van der Waals surface area contributed by atoms with Crippen LogP contribution in [0.25, 0.3) is 6.08 Å². The second-order valence-corrected chi connectivity index (χ2v) is 6.82. The third-order valence-electron chi connectivity index (χ3n) is 3.90. The molecule has 0 bridgehead atoms. The third kappa shape index (κ3) is 4.29. The number of carbonyl (C=O) groups is 1. The molecule has 1 saturated carbocycles. The lowest BCUT2D eigenvalue weighted by molar-refractivity contribution is 0.0757. The average molecular weight is 326 g/mol. The first kappa shape index (κ1) is 15.9. The van der Waals surface area contributed by atoms with Crippen molar-refractivity contribution < 1.29 is 4.79 Å². The van der Waals surface area contributed by atoms with E-state index in [4.69, 9.17) is 0 Å². The van der Waals surface area contributed by atoms with Gasteiger partial charge in [-0.05, 0) is 31.2 Å². The molecule has 0 aliphatic heterocycles. The van der Waals surface area contributed by atoms with Gasteiger partial charge < -0.3 is 4.90 Å². The molecule has 0 spiro atoms. The third-order valence-corrected chi connectivity index (χ3v) is 4.80. The predicted molar refractivity (Wildman–Crippen MR) is 95.6 cm³/mol. The van der Waals surface area contributed by atoms with E-state index >= 15 is 0 Å². The largest absolute Gasteiger partial charge is 0.331 e. The fourth-order valence-electron chi connectivity index (χ4n) is 2.54. The monoisotopic (exact) mass is 326 g/mol. The molecule has 0 saturated heterocycles. The predicted octanol–water partition coefficient (Wildman–Crippen LogP) is 4.41. The van der Waals surface area contributed by atoms with Gasteiger partial charge in [0.25, 0.3) is 5.91 Å². The molecule has 23 heavy (non-hydrogen) atoms.